The smallest absolute Gasteiger partial charge is 0.222 e. The highest BCUT2D eigenvalue weighted by molar-refractivity contribution is 5.78. The molecular weight excluding hydrogens is 749 g/mol. The summed E-state index contributed by atoms with van der Waals surface area (Å²) in [7, 11) is 0. The van der Waals surface area contributed by atoms with E-state index >= 15 is 0 Å². The second-order valence-corrected chi connectivity index (χ2v) is 13.8. The summed E-state index contributed by atoms with van der Waals surface area (Å²) in [6.07, 6.45) is 1.03. The molecule has 0 spiro atoms. The number of nitrogens with zero attached hydrogens (tertiary/aromatic N) is 3. The van der Waals surface area contributed by atoms with Crippen LogP contribution in [0.3, 0.4) is 0 Å². The van der Waals surface area contributed by atoms with Crippen LogP contribution in [0.2, 0.25) is 0 Å². The third kappa shape index (κ3) is 28.2. The molecular formula is C38H72N14O6. The van der Waals surface area contributed by atoms with E-state index in [9.17, 15) is 28.8 Å². The quantitative estimate of drug-likeness (QED) is 0.0229. The Morgan fingerprint density at radius 1 is 0.431 bits per heavy atom. The molecule has 0 radical (unpaired) electrons. The maximum Gasteiger partial charge on any atom is 0.222 e. The van der Waals surface area contributed by atoms with Gasteiger partial charge in [0.15, 0.2) is 0 Å². The Labute approximate surface area is 344 Å². The van der Waals surface area contributed by atoms with Crippen LogP contribution < -0.4 is 60.2 Å². The van der Waals surface area contributed by atoms with E-state index in [0.29, 0.717) is 111 Å². The van der Waals surface area contributed by atoms with Crippen molar-refractivity contribution in [2.45, 2.75) is 52.0 Å². The highest BCUT2D eigenvalue weighted by atomic mass is 16.2. The van der Waals surface area contributed by atoms with Gasteiger partial charge in [0.25, 0.3) is 0 Å². The number of nitrogens with two attached hydrogens (primary N) is 4. The first-order valence-corrected chi connectivity index (χ1v) is 20.3. The van der Waals surface area contributed by atoms with Crippen molar-refractivity contribution >= 4 is 35.4 Å². The van der Waals surface area contributed by atoms with Gasteiger partial charge in [0.1, 0.15) is 0 Å². The Morgan fingerprint density at radius 2 is 0.741 bits per heavy atom. The van der Waals surface area contributed by atoms with Crippen LogP contribution in [0.15, 0.2) is 24.3 Å². The van der Waals surface area contributed by atoms with E-state index in [2.05, 4.69) is 61.5 Å². The van der Waals surface area contributed by atoms with Crippen molar-refractivity contribution in [3.05, 3.63) is 35.4 Å². The zero-order valence-electron chi connectivity index (χ0n) is 34.6. The number of aryl methyl sites for hydroxylation is 1. The highest BCUT2D eigenvalue weighted by Gasteiger charge is 2.16. The largest absolute Gasteiger partial charge is 0.355 e. The Kier molecular flexibility index (Phi) is 30.0. The second kappa shape index (κ2) is 33.7. The van der Waals surface area contributed by atoms with Gasteiger partial charge < -0.3 is 65.1 Å². The maximum atomic E-state index is 13.1. The van der Waals surface area contributed by atoms with Crippen molar-refractivity contribution in [2.75, 3.05) is 118 Å². The predicted octanol–water partition coefficient (Wildman–Crippen LogP) is -4.22. The van der Waals surface area contributed by atoms with Gasteiger partial charge in [-0.2, -0.15) is 0 Å². The molecule has 0 aliphatic rings. The third-order valence-electron chi connectivity index (χ3n) is 8.85. The van der Waals surface area contributed by atoms with Crippen LogP contribution in [0, 0.1) is 6.92 Å². The minimum Gasteiger partial charge on any atom is -0.355 e. The molecule has 0 aliphatic heterocycles. The number of hydrogen-bond donors (Lipinski definition) is 11. The van der Waals surface area contributed by atoms with E-state index in [1.165, 1.54) is 5.56 Å². The molecule has 15 N–H and O–H groups in total. The fraction of sp³-hybridized carbons (Fsp3) is 0.684. The van der Waals surface area contributed by atoms with Gasteiger partial charge in [0, 0.05) is 150 Å². The summed E-state index contributed by atoms with van der Waals surface area (Å²) in [4.78, 5) is 80.7. The molecule has 6 amide bonds. The molecule has 0 heterocycles. The van der Waals surface area contributed by atoms with Crippen molar-refractivity contribution in [3.8, 4) is 0 Å². The Hall–Kier alpha value is -4.28. The molecule has 0 saturated heterocycles. The van der Waals surface area contributed by atoms with Gasteiger partial charge in [-0.1, -0.05) is 29.8 Å². The Balaban J connectivity index is 2.82. The summed E-state index contributed by atoms with van der Waals surface area (Å²) >= 11 is 0. The van der Waals surface area contributed by atoms with Crippen LogP contribution in [0.25, 0.3) is 0 Å². The van der Waals surface area contributed by atoms with Gasteiger partial charge in [-0.25, -0.2) is 0 Å². The summed E-state index contributed by atoms with van der Waals surface area (Å²) in [5, 5.41) is 20.2. The number of carbonyl (C=O) groups is 6. The van der Waals surface area contributed by atoms with Crippen molar-refractivity contribution in [1.29, 1.82) is 0 Å². The first kappa shape index (κ1) is 51.7. The van der Waals surface area contributed by atoms with Crippen molar-refractivity contribution in [1.82, 2.24) is 51.9 Å². The first-order chi connectivity index (χ1) is 28.0. The lowest BCUT2D eigenvalue weighted by molar-refractivity contribution is -0.124. The molecule has 0 fully saturated rings. The number of benzene rings is 1. The Bertz CT molecular complexity index is 1200. The molecule has 0 aliphatic carbocycles. The lowest BCUT2D eigenvalue weighted by Gasteiger charge is -2.25. The summed E-state index contributed by atoms with van der Waals surface area (Å²) < 4.78 is 0. The predicted molar refractivity (Wildman–Crippen MR) is 224 cm³/mol. The van der Waals surface area contributed by atoms with Gasteiger partial charge in [-0.3, -0.25) is 38.6 Å². The van der Waals surface area contributed by atoms with E-state index < -0.39 is 0 Å². The minimum absolute atomic E-state index is 0.146. The van der Waals surface area contributed by atoms with Crippen LogP contribution >= 0.6 is 0 Å². The topological polar surface area (TPSA) is 300 Å². The highest BCUT2D eigenvalue weighted by Crippen LogP contribution is 2.03. The number of carbonyl (C=O) groups excluding carboxylic acids is 6. The van der Waals surface area contributed by atoms with Crippen molar-refractivity contribution < 1.29 is 28.8 Å². The standard InChI is InChI=1S/C38H72N14O6/c1-31-2-4-32(5-3-31)28-43-20-27-50(21-6-37(57)48-29-51(23-8-33(53)44-16-12-39)24-9-34(54)45-17-13-40)22-7-38(58)49-30-52(25-10-35(55)46-18-14-41)26-11-36(56)47-19-15-42/h2-5,43H,6-30,39-42H2,1H3,(H,44,53)(H,45,54)(H,46,55)(H,47,56)(H,48,57)(H,49,58). The van der Waals surface area contributed by atoms with Crippen LogP contribution in [0.1, 0.15) is 49.7 Å². The summed E-state index contributed by atoms with van der Waals surface area (Å²) in [5.74, 6) is -1.12. The van der Waals surface area contributed by atoms with Crippen LogP contribution in [0.4, 0.5) is 0 Å². The zero-order chi connectivity index (χ0) is 42.8. The average molecular weight is 821 g/mol. The lowest BCUT2D eigenvalue weighted by Crippen LogP contribution is -2.44. The normalized spacial score (nSPS) is 11.1. The third-order valence-corrected chi connectivity index (χ3v) is 8.85. The Morgan fingerprint density at radius 3 is 1.07 bits per heavy atom. The van der Waals surface area contributed by atoms with Gasteiger partial charge in [-0.05, 0) is 12.5 Å². The molecule has 1 aromatic carbocycles. The number of hydrogen-bond acceptors (Lipinski definition) is 14. The molecule has 1 rings (SSSR count). The molecule has 0 unspecified atom stereocenters. The second-order valence-electron chi connectivity index (χ2n) is 13.8. The summed E-state index contributed by atoms with van der Waals surface area (Å²) in [5.41, 5.74) is 24.3. The molecule has 330 valence electrons. The molecule has 0 bridgehead atoms. The fourth-order valence-electron chi connectivity index (χ4n) is 5.39. The van der Waals surface area contributed by atoms with E-state index in [4.69, 9.17) is 22.9 Å². The fourth-order valence-corrected chi connectivity index (χ4v) is 5.39. The maximum absolute atomic E-state index is 13.1. The monoisotopic (exact) mass is 821 g/mol. The molecule has 0 atom stereocenters. The van der Waals surface area contributed by atoms with Gasteiger partial charge in [-0.15, -0.1) is 0 Å². The van der Waals surface area contributed by atoms with E-state index in [1.54, 1.807) is 0 Å². The molecule has 20 nitrogen and oxygen atoms in total. The SMILES string of the molecule is Cc1ccc(CNCCN(CCC(=O)NCN(CCC(=O)NCCN)CCC(=O)NCCN)CCC(=O)NCN(CCC(=O)NCCN)CCC(=O)NCCN)cc1. The molecule has 20 heteroatoms. The average Bonchev–Trinajstić information content (AvgIpc) is 3.22. The summed E-state index contributed by atoms with van der Waals surface area (Å²) in [6, 6.07) is 8.26. The van der Waals surface area contributed by atoms with Crippen molar-refractivity contribution in [3.63, 3.8) is 0 Å². The van der Waals surface area contributed by atoms with Gasteiger partial charge >= 0.3 is 0 Å². The lowest BCUT2D eigenvalue weighted by atomic mass is 10.1. The summed E-state index contributed by atoms with van der Waals surface area (Å²) in [6.45, 7) is 9.03. The van der Waals surface area contributed by atoms with Crippen LogP contribution in [0.5, 0.6) is 0 Å². The zero-order valence-corrected chi connectivity index (χ0v) is 34.6. The van der Waals surface area contributed by atoms with E-state index in [1.807, 2.05) is 21.6 Å². The van der Waals surface area contributed by atoms with Gasteiger partial charge in [0.05, 0.1) is 13.3 Å². The van der Waals surface area contributed by atoms with Crippen LogP contribution in [-0.4, -0.2) is 168 Å². The van der Waals surface area contributed by atoms with E-state index in [0.717, 1.165) is 5.56 Å². The minimum atomic E-state index is -0.214. The molecule has 0 aromatic heterocycles. The number of nitrogens with one attached hydrogen (secondary N) is 7. The number of amides is 6. The van der Waals surface area contributed by atoms with Gasteiger partial charge in [0.2, 0.25) is 35.4 Å². The van der Waals surface area contributed by atoms with E-state index in [-0.39, 0.29) is 87.3 Å². The van der Waals surface area contributed by atoms with Crippen LogP contribution in [-0.2, 0) is 35.3 Å². The first-order valence-electron chi connectivity index (χ1n) is 20.3. The van der Waals surface area contributed by atoms with Crippen molar-refractivity contribution in [2.24, 2.45) is 22.9 Å². The molecule has 1 aromatic rings. The number of rotatable bonds is 35. The molecule has 0 saturated carbocycles. The molecule has 58 heavy (non-hydrogen) atoms.